The van der Waals surface area contributed by atoms with Crippen molar-refractivity contribution in [2.75, 3.05) is 0 Å². The van der Waals surface area contributed by atoms with E-state index >= 15 is 0 Å². The van der Waals surface area contributed by atoms with Crippen molar-refractivity contribution in [3.05, 3.63) is 42.2 Å². The van der Waals surface area contributed by atoms with Crippen molar-refractivity contribution < 1.29 is 0 Å². The fourth-order valence-corrected chi connectivity index (χ4v) is 1.15. The molecule has 0 spiro atoms. The van der Waals surface area contributed by atoms with Crippen LogP contribution in [0.4, 0.5) is 0 Å². The van der Waals surface area contributed by atoms with Crippen molar-refractivity contribution in [3.8, 4) is 0 Å². The molecule has 0 aliphatic carbocycles. The molecule has 0 fully saturated rings. The van der Waals surface area contributed by atoms with Crippen LogP contribution in [0.1, 0.15) is 25.3 Å². The molecule has 0 unspecified atom stereocenters. The SMILES string of the molecule is C=C/N=c1/cc(C(C)C)ccn1C. The predicted octanol–water partition coefficient (Wildman–Crippen LogP) is 2.19. The van der Waals surface area contributed by atoms with E-state index in [9.17, 15) is 0 Å². The summed E-state index contributed by atoms with van der Waals surface area (Å²) in [6.07, 6.45) is 3.59. The lowest BCUT2D eigenvalue weighted by atomic mass is 10.1. The van der Waals surface area contributed by atoms with E-state index in [-0.39, 0.29) is 0 Å². The maximum Gasteiger partial charge on any atom is 0.132 e. The summed E-state index contributed by atoms with van der Waals surface area (Å²) in [5.41, 5.74) is 2.25. The van der Waals surface area contributed by atoms with E-state index in [4.69, 9.17) is 0 Å². The fourth-order valence-electron chi connectivity index (χ4n) is 1.15. The van der Waals surface area contributed by atoms with Gasteiger partial charge in [-0.2, -0.15) is 0 Å². The Morgan fingerprint density at radius 2 is 2.23 bits per heavy atom. The Kier molecular flexibility index (Phi) is 3.07. The quantitative estimate of drug-likeness (QED) is 0.657. The molecule has 0 saturated carbocycles. The number of nitrogens with zero attached hydrogens (tertiary/aromatic N) is 2. The highest BCUT2D eigenvalue weighted by molar-refractivity contribution is 5.14. The Hall–Kier alpha value is -1.31. The van der Waals surface area contributed by atoms with Crippen molar-refractivity contribution in [1.82, 2.24) is 4.57 Å². The average Bonchev–Trinajstić information content (AvgIpc) is 2.08. The number of rotatable bonds is 2. The van der Waals surface area contributed by atoms with Crippen LogP contribution in [-0.4, -0.2) is 4.57 Å². The molecule has 1 aromatic heterocycles. The van der Waals surface area contributed by atoms with Gasteiger partial charge in [-0.05, 0) is 23.6 Å². The Balaban J connectivity index is 3.27. The molecule has 1 rings (SSSR count). The second kappa shape index (κ2) is 4.08. The minimum Gasteiger partial charge on any atom is -0.336 e. The van der Waals surface area contributed by atoms with Crippen LogP contribution in [0.3, 0.4) is 0 Å². The summed E-state index contributed by atoms with van der Waals surface area (Å²) in [5.74, 6) is 0.542. The molecular formula is C11H16N2. The standard InChI is InChI=1S/C11H16N2/c1-5-12-11-8-10(9(2)3)6-7-13(11)4/h5-9H,1H2,2-4H3/b12-11-. The third kappa shape index (κ3) is 2.31. The van der Waals surface area contributed by atoms with Crippen LogP contribution in [0.15, 0.2) is 36.1 Å². The summed E-state index contributed by atoms with van der Waals surface area (Å²) in [4.78, 5) is 4.18. The number of pyridine rings is 1. The molecule has 1 aromatic rings. The maximum absolute atomic E-state index is 4.18. The first-order chi connectivity index (χ1) is 6.15. The van der Waals surface area contributed by atoms with Crippen LogP contribution in [-0.2, 0) is 7.05 Å². The Bertz CT molecular complexity index is 359. The van der Waals surface area contributed by atoms with E-state index in [2.05, 4.69) is 37.6 Å². The second-order valence-corrected chi connectivity index (χ2v) is 3.40. The summed E-state index contributed by atoms with van der Waals surface area (Å²) in [6.45, 7) is 7.94. The van der Waals surface area contributed by atoms with Gasteiger partial charge in [0.2, 0.25) is 0 Å². The van der Waals surface area contributed by atoms with E-state index in [1.165, 1.54) is 5.56 Å². The normalized spacial score (nSPS) is 12.2. The van der Waals surface area contributed by atoms with Gasteiger partial charge >= 0.3 is 0 Å². The molecule has 0 aromatic carbocycles. The van der Waals surface area contributed by atoms with Gasteiger partial charge in [0.25, 0.3) is 0 Å². The van der Waals surface area contributed by atoms with E-state index < -0.39 is 0 Å². The first-order valence-electron chi connectivity index (χ1n) is 4.46. The van der Waals surface area contributed by atoms with Gasteiger partial charge in [0, 0.05) is 19.4 Å². The van der Waals surface area contributed by atoms with Gasteiger partial charge < -0.3 is 4.57 Å². The predicted molar refractivity (Wildman–Crippen MR) is 55.3 cm³/mol. The summed E-state index contributed by atoms with van der Waals surface area (Å²) in [5, 5.41) is 0. The Labute approximate surface area is 79.3 Å². The van der Waals surface area contributed by atoms with Crippen LogP contribution < -0.4 is 5.49 Å². The second-order valence-electron chi connectivity index (χ2n) is 3.40. The monoisotopic (exact) mass is 176 g/mol. The van der Waals surface area contributed by atoms with Crippen molar-refractivity contribution in [2.45, 2.75) is 19.8 Å². The van der Waals surface area contributed by atoms with Gasteiger partial charge in [-0.3, -0.25) is 0 Å². The van der Waals surface area contributed by atoms with E-state index in [0.29, 0.717) is 5.92 Å². The van der Waals surface area contributed by atoms with E-state index in [0.717, 1.165) is 5.49 Å². The third-order valence-electron chi connectivity index (χ3n) is 2.04. The molecule has 0 atom stereocenters. The van der Waals surface area contributed by atoms with Crippen molar-refractivity contribution in [1.29, 1.82) is 0 Å². The number of hydrogen-bond donors (Lipinski definition) is 0. The molecule has 0 radical (unpaired) electrons. The Morgan fingerprint density at radius 1 is 1.54 bits per heavy atom. The summed E-state index contributed by atoms with van der Waals surface area (Å²) >= 11 is 0. The van der Waals surface area contributed by atoms with Gasteiger partial charge in [0.15, 0.2) is 0 Å². The highest BCUT2D eigenvalue weighted by Crippen LogP contribution is 2.10. The first kappa shape index (κ1) is 9.78. The van der Waals surface area contributed by atoms with E-state index in [1.54, 1.807) is 6.20 Å². The largest absolute Gasteiger partial charge is 0.336 e. The molecule has 13 heavy (non-hydrogen) atoms. The van der Waals surface area contributed by atoms with Crippen LogP contribution >= 0.6 is 0 Å². The van der Waals surface area contributed by atoms with Crippen LogP contribution in [0, 0.1) is 0 Å². The molecule has 1 heterocycles. The molecule has 0 bridgehead atoms. The van der Waals surface area contributed by atoms with Gasteiger partial charge in [0.1, 0.15) is 5.49 Å². The van der Waals surface area contributed by atoms with Crippen LogP contribution in [0.2, 0.25) is 0 Å². The lowest BCUT2D eigenvalue weighted by Gasteiger charge is -2.06. The maximum atomic E-state index is 4.18. The summed E-state index contributed by atoms with van der Waals surface area (Å²) < 4.78 is 1.98. The first-order valence-corrected chi connectivity index (χ1v) is 4.46. The van der Waals surface area contributed by atoms with Crippen LogP contribution in [0.5, 0.6) is 0 Å². The zero-order valence-corrected chi connectivity index (χ0v) is 8.49. The summed E-state index contributed by atoms with van der Waals surface area (Å²) in [6, 6.07) is 4.21. The molecule has 0 N–H and O–H groups in total. The molecule has 0 aliphatic heterocycles. The van der Waals surface area contributed by atoms with Crippen molar-refractivity contribution in [2.24, 2.45) is 12.0 Å². The fraction of sp³-hybridized carbons (Fsp3) is 0.364. The highest BCUT2D eigenvalue weighted by Gasteiger charge is 1.98. The topological polar surface area (TPSA) is 17.3 Å². The molecule has 0 saturated heterocycles. The van der Waals surface area contributed by atoms with Gasteiger partial charge in [-0.25, -0.2) is 4.99 Å². The highest BCUT2D eigenvalue weighted by atomic mass is 15.0. The van der Waals surface area contributed by atoms with Crippen LogP contribution in [0.25, 0.3) is 0 Å². The number of aryl methyl sites for hydroxylation is 1. The third-order valence-corrected chi connectivity index (χ3v) is 2.04. The number of hydrogen-bond acceptors (Lipinski definition) is 1. The minimum absolute atomic E-state index is 0.542. The molecule has 2 nitrogen and oxygen atoms in total. The van der Waals surface area contributed by atoms with Gasteiger partial charge in [-0.1, -0.05) is 20.4 Å². The zero-order chi connectivity index (χ0) is 9.84. The molecule has 70 valence electrons. The minimum atomic E-state index is 0.542. The molecule has 0 aliphatic rings. The van der Waals surface area contributed by atoms with Gasteiger partial charge in [-0.15, -0.1) is 0 Å². The zero-order valence-electron chi connectivity index (χ0n) is 8.49. The van der Waals surface area contributed by atoms with E-state index in [1.807, 2.05) is 17.8 Å². The van der Waals surface area contributed by atoms with Crippen molar-refractivity contribution >= 4 is 0 Å². The van der Waals surface area contributed by atoms with Crippen molar-refractivity contribution in [3.63, 3.8) is 0 Å². The molecule has 0 amide bonds. The Morgan fingerprint density at radius 3 is 2.77 bits per heavy atom. The summed E-state index contributed by atoms with van der Waals surface area (Å²) in [7, 11) is 1.98. The lowest BCUT2D eigenvalue weighted by molar-refractivity contribution is 0.797. The lowest BCUT2D eigenvalue weighted by Crippen LogP contribution is -2.17. The molecule has 2 heteroatoms. The smallest absolute Gasteiger partial charge is 0.132 e. The number of aromatic nitrogens is 1. The molecular weight excluding hydrogens is 160 g/mol. The average molecular weight is 176 g/mol. The van der Waals surface area contributed by atoms with Gasteiger partial charge in [0.05, 0.1) is 0 Å².